The number of para-hydroxylation sites is 2. The van der Waals surface area contributed by atoms with Gasteiger partial charge < -0.3 is 9.30 Å². The number of ether oxygens (including phenoxy) is 1. The molecule has 0 N–H and O–H groups in total. The molecule has 0 saturated heterocycles. The number of non-ortho nitro benzene ring substituents is 1. The standard InChI is InChI=1S/C27H23N3O3/c1-19-6-5-7-20(2)27(19)33-15-14-29-18-23(25-8-3-4-9-26(25)29)16-22(17-28)21-10-12-24(13-11-21)30(31)32/h3-13,16,18H,14-15H2,1-2H3/b22-16+. The lowest BCUT2D eigenvalue weighted by molar-refractivity contribution is -0.384. The zero-order valence-corrected chi connectivity index (χ0v) is 18.5. The van der Waals surface area contributed by atoms with Crippen molar-refractivity contribution in [1.82, 2.24) is 4.57 Å². The van der Waals surface area contributed by atoms with Crippen molar-refractivity contribution in [3.63, 3.8) is 0 Å². The maximum Gasteiger partial charge on any atom is 0.269 e. The number of nitro benzene ring substituents is 1. The lowest BCUT2D eigenvalue weighted by atomic mass is 10.0. The smallest absolute Gasteiger partial charge is 0.269 e. The molecule has 4 aromatic rings. The Kier molecular flexibility index (Phi) is 6.23. The molecule has 1 aromatic heterocycles. The van der Waals surface area contributed by atoms with Crippen LogP contribution in [-0.2, 0) is 6.54 Å². The van der Waals surface area contributed by atoms with E-state index >= 15 is 0 Å². The minimum absolute atomic E-state index is 0.00321. The molecule has 4 rings (SSSR count). The lowest BCUT2D eigenvalue weighted by Crippen LogP contribution is -2.08. The van der Waals surface area contributed by atoms with E-state index in [4.69, 9.17) is 4.74 Å². The van der Waals surface area contributed by atoms with Gasteiger partial charge in [0, 0.05) is 34.8 Å². The van der Waals surface area contributed by atoms with E-state index in [1.807, 2.05) is 68.6 Å². The van der Waals surface area contributed by atoms with Crippen molar-refractivity contribution in [2.45, 2.75) is 20.4 Å². The first-order valence-corrected chi connectivity index (χ1v) is 10.6. The van der Waals surface area contributed by atoms with E-state index in [1.165, 1.54) is 12.1 Å². The zero-order valence-electron chi connectivity index (χ0n) is 18.5. The Morgan fingerprint density at radius 1 is 1.06 bits per heavy atom. The molecule has 0 aliphatic rings. The maximum absolute atomic E-state index is 10.9. The van der Waals surface area contributed by atoms with Gasteiger partial charge in [-0.05, 0) is 54.8 Å². The molecule has 0 unspecified atom stereocenters. The number of hydrogen-bond acceptors (Lipinski definition) is 4. The summed E-state index contributed by atoms with van der Waals surface area (Å²) in [6.45, 7) is 5.25. The quantitative estimate of drug-likeness (QED) is 0.193. The van der Waals surface area contributed by atoms with Gasteiger partial charge in [0.1, 0.15) is 12.4 Å². The molecular weight excluding hydrogens is 414 g/mol. The Morgan fingerprint density at radius 3 is 2.42 bits per heavy atom. The van der Waals surface area contributed by atoms with Gasteiger partial charge in [0.2, 0.25) is 0 Å². The Morgan fingerprint density at radius 2 is 1.76 bits per heavy atom. The summed E-state index contributed by atoms with van der Waals surface area (Å²) in [5.74, 6) is 0.916. The Labute approximate surface area is 192 Å². The van der Waals surface area contributed by atoms with Crippen molar-refractivity contribution in [3.8, 4) is 11.8 Å². The van der Waals surface area contributed by atoms with Gasteiger partial charge in [-0.2, -0.15) is 5.26 Å². The van der Waals surface area contributed by atoms with Crippen molar-refractivity contribution >= 4 is 28.2 Å². The fraction of sp³-hybridized carbons (Fsp3) is 0.148. The predicted molar refractivity (Wildman–Crippen MR) is 130 cm³/mol. The third kappa shape index (κ3) is 4.63. The first kappa shape index (κ1) is 21.8. The van der Waals surface area contributed by atoms with Crippen molar-refractivity contribution < 1.29 is 9.66 Å². The maximum atomic E-state index is 10.9. The zero-order chi connectivity index (χ0) is 23.4. The summed E-state index contributed by atoms with van der Waals surface area (Å²) in [5, 5.41) is 21.7. The first-order chi connectivity index (χ1) is 16.0. The SMILES string of the molecule is Cc1cccc(C)c1OCCn1cc(/C=C(\C#N)c2ccc([N+](=O)[O-])cc2)c2ccccc21. The van der Waals surface area contributed by atoms with Crippen LogP contribution in [0.1, 0.15) is 22.3 Å². The molecule has 0 aliphatic carbocycles. The van der Waals surface area contributed by atoms with Crippen molar-refractivity contribution in [1.29, 1.82) is 5.26 Å². The van der Waals surface area contributed by atoms with Crippen LogP contribution in [0.5, 0.6) is 5.75 Å². The second-order valence-corrected chi connectivity index (χ2v) is 7.84. The monoisotopic (exact) mass is 437 g/mol. The summed E-state index contributed by atoms with van der Waals surface area (Å²) in [6, 6.07) is 22.4. The second kappa shape index (κ2) is 9.41. The normalized spacial score (nSPS) is 11.4. The molecule has 1 heterocycles. The number of hydrogen-bond donors (Lipinski definition) is 0. The lowest BCUT2D eigenvalue weighted by Gasteiger charge is -2.12. The first-order valence-electron chi connectivity index (χ1n) is 10.6. The molecule has 0 radical (unpaired) electrons. The molecule has 0 spiro atoms. The highest BCUT2D eigenvalue weighted by atomic mass is 16.6. The fourth-order valence-electron chi connectivity index (χ4n) is 3.95. The van der Waals surface area contributed by atoms with Gasteiger partial charge in [-0.25, -0.2) is 0 Å². The molecule has 6 nitrogen and oxygen atoms in total. The molecule has 0 aliphatic heterocycles. The number of nitriles is 1. The van der Waals surface area contributed by atoms with Crippen LogP contribution in [0, 0.1) is 35.3 Å². The molecule has 0 atom stereocenters. The van der Waals surface area contributed by atoms with Crippen LogP contribution in [0.2, 0.25) is 0 Å². The van der Waals surface area contributed by atoms with Gasteiger partial charge in [-0.15, -0.1) is 0 Å². The number of aryl methyl sites for hydroxylation is 2. The summed E-state index contributed by atoms with van der Waals surface area (Å²) in [6.07, 6.45) is 3.84. The summed E-state index contributed by atoms with van der Waals surface area (Å²) in [7, 11) is 0. The molecule has 0 bridgehead atoms. The highest BCUT2D eigenvalue weighted by Crippen LogP contribution is 2.27. The van der Waals surface area contributed by atoms with Crippen LogP contribution in [0.4, 0.5) is 5.69 Å². The van der Waals surface area contributed by atoms with Crippen molar-refractivity contribution in [2.24, 2.45) is 0 Å². The molecular formula is C27H23N3O3. The third-order valence-electron chi connectivity index (χ3n) is 5.62. The fourth-order valence-corrected chi connectivity index (χ4v) is 3.95. The molecule has 0 amide bonds. The van der Waals surface area contributed by atoms with Crippen LogP contribution >= 0.6 is 0 Å². The minimum atomic E-state index is -0.451. The summed E-state index contributed by atoms with van der Waals surface area (Å²) >= 11 is 0. The number of benzene rings is 3. The van der Waals surface area contributed by atoms with Gasteiger partial charge in [0.25, 0.3) is 5.69 Å². The largest absolute Gasteiger partial charge is 0.491 e. The van der Waals surface area contributed by atoms with Gasteiger partial charge >= 0.3 is 0 Å². The molecule has 164 valence electrons. The van der Waals surface area contributed by atoms with Gasteiger partial charge in [0.05, 0.1) is 23.1 Å². The topological polar surface area (TPSA) is 81.1 Å². The van der Waals surface area contributed by atoms with Crippen LogP contribution in [0.15, 0.2) is 72.9 Å². The van der Waals surface area contributed by atoms with Crippen LogP contribution in [0.3, 0.4) is 0 Å². The van der Waals surface area contributed by atoms with E-state index in [-0.39, 0.29) is 5.69 Å². The minimum Gasteiger partial charge on any atom is -0.491 e. The Balaban J connectivity index is 1.62. The third-order valence-corrected chi connectivity index (χ3v) is 5.62. The van der Waals surface area contributed by atoms with E-state index in [9.17, 15) is 15.4 Å². The van der Waals surface area contributed by atoms with Gasteiger partial charge in [-0.1, -0.05) is 36.4 Å². The van der Waals surface area contributed by atoms with E-state index in [0.29, 0.717) is 24.3 Å². The van der Waals surface area contributed by atoms with Crippen LogP contribution < -0.4 is 4.74 Å². The molecule has 3 aromatic carbocycles. The van der Waals surface area contributed by atoms with E-state index < -0.39 is 4.92 Å². The number of rotatable bonds is 7. The number of fused-ring (bicyclic) bond motifs is 1. The summed E-state index contributed by atoms with van der Waals surface area (Å²) in [4.78, 5) is 10.5. The molecule has 33 heavy (non-hydrogen) atoms. The molecule has 6 heteroatoms. The average Bonchev–Trinajstić information content (AvgIpc) is 3.17. The van der Waals surface area contributed by atoms with Gasteiger partial charge in [0.15, 0.2) is 0 Å². The average molecular weight is 437 g/mol. The Hall–Kier alpha value is -4.37. The van der Waals surface area contributed by atoms with E-state index in [2.05, 4.69) is 10.6 Å². The Bertz CT molecular complexity index is 1370. The van der Waals surface area contributed by atoms with Crippen LogP contribution in [-0.4, -0.2) is 16.1 Å². The van der Waals surface area contributed by atoms with Crippen molar-refractivity contribution in [3.05, 3.63) is 105 Å². The van der Waals surface area contributed by atoms with Gasteiger partial charge in [-0.3, -0.25) is 10.1 Å². The molecule has 0 saturated carbocycles. The predicted octanol–water partition coefficient (Wildman–Crippen LogP) is 6.31. The van der Waals surface area contributed by atoms with Crippen LogP contribution in [0.25, 0.3) is 22.6 Å². The number of nitro groups is 1. The number of nitrogens with zero attached hydrogens (tertiary/aromatic N) is 3. The van der Waals surface area contributed by atoms with Crippen molar-refractivity contribution in [2.75, 3.05) is 6.61 Å². The highest BCUT2D eigenvalue weighted by molar-refractivity contribution is 5.98. The molecule has 0 fully saturated rings. The van der Waals surface area contributed by atoms with E-state index in [0.717, 1.165) is 33.3 Å². The van der Waals surface area contributed by atoms with E-state index in [1.54, 1.807) is 12.1 Å². The number of allylic oxidation sites excluding steroid dienone is 1. The highest BCUT2D eigenvalue weighted by Gasteiger charge is 2.11. The summed E-state index contributed by atoms with van der Waals surface area (Å²) < 4.78 is 8.21. The second-order valence-electron chi connectivity index (χ2n) is 7.84. The summed E-state index contributed by atoms with van der Waals surface area (Å²) in [5.41, 5.74) is 5.26. The number of aromatic nitrogens is 1.